The molecule has 7 nitrogen and oxygen atoms in total. The van der Waals surface area contributed by atoms with Crippen molar-refractivity contribution in [3.8, 4) is 11.5 Å². The Balaban J connectivity index is 1.73. The number of hydrogen-bond acceptors (Lipinski definition) is 5. The average Bonchev–Trinajstić information content (AvgIpc) is 2.75. The van der Waals surface area contributed by atoms with Crippen LogP contribution in [-0.4, -0.2) is 50.3 Å². The number of fused-ring (bicyclic) bond motifs is 1. The van der Waals surface area contributed by atoms with Gasteiger partial charge in [-0.1, -0.05) is 12.1 Å². The number of pyridine rings is 1. The molecule has 0 bridgehead atoms. The fourth-order valence-corrected chi connectivity index (χ4v) is 3.25. The number of carbonyl (C=O) groups is 1. The van der Waals surface area contributed by atoms with Crippen molar-refractivity contribution < 1.29 is 23.0 Å². The van der Waals surface area contributed by atoms with Gasteiger partial charge in [0.1, 0.15) is 11.3 Å². The van der Waals surface area contributed by atoms with Crippen LogP contribution in [-0.2, 0) is 0 Å². The molecule has 2 amide bonds. The zero-order valence-electron chi connectivity index (χ0n) is 17.4. The fraction of sp³-hybridized carbons (Fsp3) is 0.273. The number of halogens is 2. The highest BCUT2D eigenvalue weighted by atomic mass is 19.3. The number of amides is 2. The first-order chi connectivity index (χ1) is 14.9. The Hall–Kier alpha value is -3.46. The van der Waals surface area contributed by atoms with Gasteiger partial charge in [-0.15, -0.1) is 0 Å². The monoisotopic (exact) mass is 430 g/mol. The number of anilines is 1. The Labute approximate surface area is 179 Å². The molecule has 2 aromatic carbocycles. The molecule has 3 rings (SSSR count). The predicted molar refractivity (Wildman–Crippen MR) is 115 cm³/mol. The third kappa shape index (κ3) is 5.58. The van der Waals surface area contributed by atoms with Gasteiger partial charge in [0.25, 0.3) is 0 Å². The molecule has 1 aromatic heterocycles. The van der Waals surface area contributed by atoms with Gasteiger partial charge in [0.15, 0.2) is 5.75 Å². The van der Waals surface area contributed by atoms with E-state index in [0.29, 0.717) is 17.6 Å². The van der Waals surface area contributed by atoms with Crippen LogP contribution < -0.4 is 20.1 Å². The molecule has 0 saturated heterocycles. The third-order valence-corrected chi connectivity index (χ3v) is 4.75. The number of carbonyl (C=O) groups excluding carboxylic acids is 1. The number of benzene rings is 2. The second kappa shape index (κ2) is 10.0. The summed E-state index contributed by atoms with van der Waals surface area (Å²) in [4.78, 5) is 18.7. The first-order valence-corrected chi connectivity index (χ1v) is 9.57. The largest absolute Gasteiger partial charge is 0.497 e. The molecule has 1 unspecified atom stereocenters. The van der Waals surface area contributed by atoms with Gasteiger partial charge in [0.05, 0.1) is 18.8 Å². The summed E-state index contributed by atoms with van der Waals surface area (Å²) < 4.78 is 35.1. The lowest BCUT2D eigenvalue weighted by molar-refractivity contribution is -0.0489. The van der Waals surface area contributed by atoms with Gasteiger partial charge in [0.2, 0.25) is 0 Å². The van der Waals surface area contributed by atoms with Crippen molar-refractivity contribution >= 4 is 22.6 Å². The summed E-state index contributed by atoms with van der Waals surface area (Å²) in [5.74, 6) is 0.682. The smallest absolute Gasteiger partial charge is 0.387 e. The Morgan fingerprint density at radius 3 is 2.68 bits per heavy atom. The topological polar surface area (TPSA) is 75.7 Å². The predicted octanol–water partition coefficient (Wildman–Crippen LogP) is 4.27. The maximum atomic E-state index is 12.6. The quantitative estimate of drug-likeness (QED) is 0.558. The van der Waals surface area contributed by atoms with Crippen molar-refractivity contribution in [2.24, 2.45) is 0 Å². The zero-order valence-corrected chi connectivity index (χ0v) is 17.4. The molecule has 0 aliphatic rings. The van der Waals surface area contributed by atoms with Gasteiger partial charge >= 0.3 is 12.6 Å². The number of nitrogens with one attached hydrogen (secondary N) is 2. The van der Waals surface area contributed by atoms with Crippen LogP contribution in [0.3, 0.4) is 0 Å². The summed E-state index contributed by atoms with van der Waals surface area (Å²) in [5.41, 5.74) is 1.67. The lowest BCUT2D eigenvalue weighted by Crippen LogP contribution is -2.36. The van der Waals surface area contributed by atoms with Crippen molar-refractivity contribution in [2.75, 3.05) is 33.1 Å². The van der Waals surface area contributed by atoms with Gasteiger partial charge in [-0.25, -0.2) is 4.79 Å². The van der Waals surface area contributed by atoms with E-state index < -0.39 is 12.6 Å². The highest BCUT2D eigenvalue weighted by molar-refractivity contribution is 6.02. The highest BCUT2D eigenvalue weighted by Gasteiger charge is 2.17. The number of ether oxygens (including phenoxy) is 2. The molecule has 0 fully saturated rings. The third-order valence-electron chi connectivity index (χ3n) is 4.75. The first-order valence-electron chi connectivity index (χ1n) is 9.57. The molecule has 2 N–H and O–H groups in total. The van der Waals surface area contributed by atoms with Gasteiger partial charge in [0, 0.05) is 18.1 Å². The lowest BCUT2D eigenvalue weighted by Gasteiger charge is -2.25. The summed E-state index contributed by atoms with van der Waals surface area (Å²) in [6.07, 6.45) is 1.47. The molecule has 3 aromatic rings. The summed E-state index contributed by atoms with van der Waals surface area (Å²) in [7, 11) is 5.45. The van der Waals surface area contributed by atoms with E-state index in [1.165, 1.54) is 18.3 Å². The molecular weight excluding hydrogens is 406 g/mol. The average molecular weight is 430 g/mol. The maximum Gasteiger partial charge on any atom is 0.387 e. The Bertz CT molecular complexity index is 1050. The van der Waals surface area contributed by atoms with Crippen LogP contribution in [0.2, 0.25) is 0 Å². The molecular formula is C22H24F2N4O3. The first kappa shape index (κ1) is 22.2. The second-order valence-corrected chi connectivity index (χ2v) is 6.98. The lowest BCUT2D eigenvalue weighted by atomic mass is 10.1. The number of rotatable bonds is 8. The molecule has 1 atom stereocenters. The number of likely N-dealkylation sites (N-methyl/N-ethyl adjacent to an activating group) is 1. The van der Waals surface area contributed by atoms with Crippen LogP contribution in [0, 0.1) is 0 Å². The number of urea groups is 1. The summed E-state index contributed by atoms with van der Waals surface area (Å²) in [5, 5.41) is 6.11. The van der Waals surface area contributed by atoms with Crippen molar-refractivity contribution in [1.29, 1.82) is 0 Å². The van der Waals surface area contributed by atoms with E-state index >= 15 is 0 Å². The standard InChI is InChI=1S/C22H24F2N4O3/c1-28(2)18(14-6-4-7-15(12-14)30-3)13-26-22(29)27-17-9-10-19(31-21(23)24)20-16(17)8-5-11-25-20/h4-12,18,21H,13H2,1-3H3,(H2,26,27,29). The summed E-state index contributed by atoms with van der Waals surface area (Å²) >= 11 is 0. The molecule has 164 valence electrons. The summed E-state index contributed by atoms with van der Waals surface area (Å²) in [6, 6.07) is 13.3. The van der Waals surface area contributed by atoms with Crippen LogP contribution in [0.15, 0.2) is 54.7 Å². The summed E-state index contributed by atoms with van der Waals surface area (Å²) in [6.45, 7) is -2.62. The number of methoxy groups -OCH3 is 1. The Morgan fingerprint density at radius 1 is 1.16 bits per heavy atom. The van der Waals surface area contributed by atoms with E-state index in [2.05, 4.69) is 20.4 Å². The molecule has 31 heavy (non-hydrogen) atoms. The normalized spacial score (nSPS) is 12.1. The SMILES string of the molecule is COc1cccc(C(CNC(=O)Nc2ccc(OC(F)F)c3ncccc23)N(C)C)c1. The minimum Gasteiger partial charge on any atom is -0.497 e. The van der Waals surface area contributed by atoms with Gasteiger partial charge in [-0.2, -0.15) is 8.78 Å². The second-order valence-electron chi connectivity index (χ2n) is 6.98. The van der Waals surface area contributed by atoms with Crippen molar-refractivity contribution in [3.05, 3.63) is 60.3 Å². The van der Waals surface area contributed by atoms with Crippen LogP contribution in [0.4, 0.5) is 19.3 Å². The molecule has 9 heteroatoms. The van der Waals surface area contributed by atoms with E-state index in [1.54, 1.807) is 19.2 Å². The van der Waals surface area contributed by atoms with Crippen LogP contribution in [0.25, 0.3) is 10.9 Å². The van der Waals surface area contributed by atoms with E-state index in [4.69, 9.17) is 4.74 Å². The van der Waals surface area contributed by atoms with Crippen LogP contribution in [0.1, 0.15) is 11.6 Å². The van der Waals surface area contributed by atoms with Crippen LogP contribution >= 0.6 is 0 Å². The zero-order chi connectivity index (χ0) is 22.4. The minimum absolute atomic E-state index is 0.0535. The Kier molecular flexibility index (Phi) is 7.19. The van der Waals surface area contributed by atoms with E-state index in [0.717, 1.165) is 11.3 Å². The molecule has 0 radical (unpaired) electrons. The number of nitrogens with zero attached hydrogens (tertiary/aromatic N) is 2. The number of alkyl halides is 2. The molecule has 0 aliphatic carbocycles. The number of aromatic nitrogens is 1. The van der Waals surface area contributed by atoms with Gasteiger partial charge in [-0.3, -0.25) is 4.98 Å². The Morgan fingerprint density at radius 2 is 1.97 bits per heavy atom. The minimum atomic E-state index is -2.97. The van der Waals surface area contributed by atoms with E-state index in [1.807, 2.05) is 43.3 Å². The van der Waals surface area contributed by atoms with Crippen molar-refractivity contribution in [1.82, 2.24) is 15.2 Å². The molecule has 0 spiro atoms. The molecule has 1 heterocycles. The van der Waals surface area contributed by atoms with E-state index in [9.17, 15) is 13.6 Å². The highest BCUT2D eigenvalue weighted by Crippen LogP contribution is 2.31. The van der Waals surface area contributed by atoms with Gasteiger partial charge in [-0.05, 0) is 56.1 Å². The fourth-order valence-electron chi connectivity index (χ4n) is 3.25. The van der Waals surface area contributed by atoms with Crippen molar-refractivity contribution in [3.63, 3.8) is 0 Å². The molecule has 0 saturated carbocycles. The maximum absolute atomic E-state index is 12.6. The van der Waals surface area contributed by atoms with E-state index in [-0.39, 0.29) is 17.3 Å². The van der Waals surface area contributed by atoms with Crippen LogP contribution in [0.5, 0.6) is 11.5 Å². The van der Waals surface area contributed by atoms with Gasteiger partial charge < -0.3 is 25.0 Å². The number of hydrogen-bond donors (Lipinski definition) is 2. The van der Waals surface area contributed by atoms with Crippen molar-refractivity contribution in [2.45, 2.75) is 12.7 Å². The molecule has 0 aliphatic heterocycles.